The van der Waals surface area contributed by atoms with Crippen LogP contribution in [0.3, 0.4) is 0 Å². The van der Waals surface area contributed by atoms with Gasteiger partial charge in [-0.3, -0.25) is 0 Å². The summed E-state index contributed by atoms with van der Waals surface area (Å²) < 4.78 is 5.53. The third kappa shape index (κ3) is 2.03. The molecule has 3 rings (SSSR count). The van der Waals surface area contributed by atoms with E-state index >= 15 is 0 Å². The number of nitrogens with zero attached hydrogens (tertiary/aromatic N) is 3. The highest BCUT2D eigenvalue weighted by molar-refractivity contribution is 5.73. The highest BCUT2D eigenvalue weighted by Crippen LogP contribution is 2.28. The molecule has 3 aromatic rings. The second-order valence-electron chi connectivity index (χ2n) is 4.80. The van der Waals surface area contributed by atoms with Crippen molar-refractivity contribution in [1.29, 1.82) is 0 Å². The number of hydrogen-bond acceptors (Lipinski definition) is 3. The van der Waals surface area contributed by atoms with Crippen molar-refractivity contribution in [2.24, 2.45) is 0 Å². The maximum Gasteiger partial charge on any atom is 0.149 e. The van der Waals surface area contributed by atoms with Crippen molar-refractivity contribution in [2.45, 2.75) is 20.3 Å². The molecule has 4 nitrogen and oxygen atoms in total. The van der Waals surface area contributed by atoms with Crippen LogP contribution in [0, 0.1) is 6.92 Å². The Morgan fingerprint density at radius 3 is 2.30 bits per heavy atom. The fraction of sp³-hybridized carbons (Fsp3) is 0.250. The summed E-state index contributed by atoms with van der Waals surface area (Å²) in [6.07, 6.45) is 0.971. The summed E-state index contributed by atoms with van der Waals surface area (Å²) in [4.78, 5) is 1.66. The summed E-state index contributed by atoms with van der Waals surface area (Å²) in [5.74, 6) is 0.822. The Hall–Kier alpha value is -2.36. The fourth-order valence-electron chi connectivity index (χ4n) is 2.41. The monoisotopic (exact) mass is 267 g/mol. The molecule has 0 fully saturated rings. The first-order chi connectivity index (χ1) is 9.72. The van der Waals surface area contributed by atoms with Crippen LogP contribution in [-0.2, 0) is 6.42 Å². The van der Waals surface area contributed by atoms with Crippen LogP contribution < -0.4 is 4.74 Å². The molecule has 0 aliphatic rings. The first-order valence-electron chi connectivity index (χ1n) is 6.73. The smallest absolute Gasteiger partial charge is 0.149 e. The first-order valence-corrected chi connectivity index (χ1v) is 6.73. The second kappa shape index (κ2) is 4.96. The quantitative estimate of drug-likeness (QED) is 0.731. The molecule has 0 unspecified atom stereocenters. The van der Waals surface area contributed by atoms with E-state index in [1.54, 1.807) is 11.9 Å². The van der Waals surface area contributed by atoms with Gasteiger partial charge in [-0.15, -0.1) is 15.0 Å². The van der Waals surface area contributed by atoms with Crippen LogP contribution in [0.5, 0.6) is 5.75 Å². The van der Waals surface area contributed by atoms with Crippen molar-refractivity contribution in [3.63, 3.8) is 0 Å². The Kier molecular flexibility index (Phi) is 3.14. The van der Waals surface area contributed by atoms with Crippen LogP contribution in [0.1, 0.15) is 18.1 Å². The van der Waals surface area contributed by atoms with Gasteiger partial charge in [-0.1, -0.05) is 25.1 Å². The molecule has 0 aliphatic heterocycles. The highest BCUT2D eigenvalue weighted by Gasteiger charge is 2.13. The van der Waals surface area contributed by atoms with Crippen LogP contribution in [-0.4, -0.2) is 22.1 Å². The standard InChI is InChI=1S/C16H17N3O/c1-4-12-9-11(2)16(20-3)15(10-12)19-17-13-7-5-6-8-14(13)18-19/h5-10H,4H2,1-3H3. The molecule has 0 amide bonds. The van der Waals surface area contributed by atoms with Gasteiger partial charge in [-0.25, -0.2) is 0 Å². The van der Waals surface area contributed by atoms with Gasteiger partial charge in [-0.05, 0) is 42.7 Å². The molecule has 1 heterocycles. The maximum absolute atomic E-state index is 5.53. The zero-order valence-corrected chi connectivity index (χ0v) is 11.9. The highest BCUT2D eigenvalue weighted by atomic mass is 16.5. The number of aromatic nitrogens is 3. The molecule has 0 bridgehead atoms. The summed E-state index contributed by atoms with van der Waals surface area (Å²) in [7, 11) is 1.68. The van der Waals surface area contributed by atoms with Crippen molar-refractivity contribution in [3.8, 4) is 11.4 Å². The number of benzene rings is 2. The average Bonchev–Trinajstić information content (AvgIpc) is 2.90. The molecule has 20 heavy (non-hydrogen) atoms. The van der Waals surface area contributed by atoms with Gasteiger partial charge in [0.1, 0.15) is 22.5 Å². The van der Waals surface area contributed by atoms with Crippen LogP contribution >= 0.6 is 0 Å². The largest absolute Gasteiger partial charge is 0.494 e. The average molecular weight is 267 g/mol. The van der Waals surface area contributed by atoms with E-state index in [0.29, 0.717) is 0 Å². The van der Waals surface area contributed by atoms with Gasteiger partial charge in [0, 0.05) is 0 Å². The number of fused-ring (bicyclic) bond motifs is 1. The number of methoxy groups -OCH3 is 1. The van der Waals surface area contributed by atoms with Crippen molar-refractivity contribution in [3.05, 3.63) is 47.5 Å². The third-order valence-electron chi connectivity index (χ3n) is 3.43. The lowest BCUT2D eigenvalue weighted by Gasteiger charge is -2.12. The minimum atomic E-state index is 0.822. The molecule has 0 radical (unpaired) electrons. The summed E-state index contributed by atoms with van der Waals surface area (Å²) in [5, 5.41) is 9.07. The SMILES string of the molecule is CCc1cc(C)c(OC)c(-n2nc3ccccc3n2)c1. The van der Waals surface area contributed by atoms with Gasteiger partial charge < -0.3 is 4.74 Å². The molecule has 4 heteroatoms. The van der Waals surface area contributed by atoms with E-state index in [2.05, 4.69) is 29.3 Å². The lowest BCUT2D eigenvalue weighted by atomic mass is 10.1. The van der Waals surface area contributed by atoms with E-state index in [1.807, 2.05) is 31.2 Å². The topological polar surface area (TPSA) is 39.9 Å². The minimum absolute atomic E-state index is 0.822. The molecule has 2 aromatic carbocycles. The molecule has 0 aliphatic carbocycles. The molecule has 0 N–H and O–H groups in total. The minimum Gasteiger partial charge on any atom is -0.494 e. The Balaban J connectivity index is 2.24. The zero-order chi connectivity index (χ0) is 14.1. The second-order valence-corrected chi connectivity index (χ2v) is 4.80. The summed E-state index contributed by atoms with van der Waals surface area (Å²) >= 11 is 0. The normalized spacial score (nSPS) is 10.9. The van der Waals surface area contributed by atoms with Gasteiger partial charge in [0.2, 0.25) is 0 Å². The molecule has 0 saturated heterocycles. The predicted molar refractivity (Wildman–Crippen MR) is 79.5 cm³/mol. The van der Waals surface area contributed by atoms with Crippen molar-refractivity contribution < 1.29 is 4.74 Å². The Morgan fingerprint density at radius 2 is 1.75 bits per heavy atom. The fourth-order valence-corrected chi connectivity index (χ4v) is 2.41. The molecule has 0 spiro atoms. The Morgan fingerprint density at radius 1 is 1.10 bits per heavy atom. The van der Waals surface area contributed by atoms with E-state index < -0.39 is 0 Å². The molecular formula is C16H17N3O. The summed E-state index contributed by atoms with van der Waals surface area (Å²) in [6, 6.07) is 12.1. The van der Waals surface area contributed by atoms with E-state index in [-0.39, 0.29) is 0 Å². The van der Waals surface area contributed by atoms with E-state index in [0.717, 1.165) is 34.5 Å². The van der Waals surface area contributed by atoms with Crippen molar-refractivity contribution in [2.75, 3.05) is 7.11 Å². The number of rotatable bonds is 3. The molecular weight excluding hydrogens is 250 g/mol. The molecule has 1 aromatic heterocycles. The van der Waals surface area contributed by atoms with Gasteiger partial charge in [-0.2, -0.15) is 0 Å². The zero-order valence-electron chi connectivity index (χ0n) is 11.9. The van der Waals surface area contributed by atoms with Crippen molar-refractivity contribution >= 4 is 11.0 Å². The van der Waals surface area contributed by atoms with Crippen LogP contribution in [0.4, 0.5) is 0 Å². The Labute approximate surface area is 118 Å². The lowest BCUT2D eigenvalue weighted by Crippen LogP contribution is -2.04. The summed E-state index contributed by atoms with van der Waals surface area (Å²) in [5.41, 5.74) is 5.01. The van der Waals surface area contributed by atoms with Gasteiger partial charge in [0.05, 0.1) is 7.11 Å². The van der Waals surface area contributed by atoms with Crippen LogP contribution in [0.25, 0.3) is 16.7 Å². The summed E-state index contributed by atoms with van der Waals surface area (Å²) in [6.45, 7) is 4.18. The van der Waals surface area contributed by atoms with E-state index in [9.17, 15) is 0 Å². The van der Waals surface area contributed by atoms with Gasteiger partial charge in [0.25, 0.3) is 0 Å². The molecule has 0 atom stereocenters. The van der Waals surface area contributed by atoms with Crippen LogP contribution in [0.2, 0.25) is 0 Å². The Bertz CT molecular complexity index is 729. The van der Waals surface area contributed by atoms with Gasteiger partial charge in [0.15, 0.2) is 0 Å². The first kappa shape index (κ1) is 12.7. The van der Waals surface area contributed by atoms with E-state index in [1.165, 1.54) is 5.56 Å². The predicted octanol–water partition coefficient (Wildman–Crippen LogP) is 3.30. The van der Waals surface area contributed by atoms with Crippen molar-refractivity contribution in [1.82, 2.24) is 15.0 Å². The molecule has 102 valence electrons. The third-order valence-corrected chi connectivity index (χ3v) is 3.43. The maximum atomic E-state index is 5.53. The number of hydrogen-bond donors (Lipinski definition) is 0. The molecule has 0 saturated carbocycles. The van der Waals surface area contributed by atoms with E-state index in [4.69, 9.17) is 4.74 Å². The lowest BCUT2D eigenvalue weighted by molar-refractivity contribution is 0.407. The van der Waals surface area contributed by atoms with Crippen LogP contribution in [0.15, 0.2) is 36.4 Å². The van der Waals surface area contributed by atoms with Gasteiger partial charge >= 0.3 is 0 Å². The number of ether oxygens (including phenoxy) is 1. The number of aryl methyl sites for hydroxylation is 2.